The van der Waals surface area contributed by atoms with Gasteiger partial charge in [0.2, 0.25) is 0 Å². The number of carbonyl (C=O) groups is 3. The van der Waals surface area contributed by atoms with Crippen molar-refractivity contribution >= 4 is 17.7 Å². The quantitative estimate of drug-likeness (QED) is 0.302. The number of aliphatic carboxylic acids is 1. The SMILES string of the molecule is COc1ccc(C2C(C(=O)c3ccccc3)C(c3ccccc3)C(C)(C(=O)O)N2C(=O)c2ccccc2)cc1. The van der Waals surface area contributed by atoms with Gasteiger partial charge in [-0.15, -0.1) is 0 Å². The summed E-state index contributed by atoms with van der Waals surface area (Å²) in [6.45, 7) is 1.56. The highest BCUT2D eigenvalue weighted by Crippen LogP contribution is 2.57. The molecule has 1 saturated heterocycles. The summed E-state index contributed by atoms with van der Waals surface area (Å²) in [6.07, 6.45) is 0. The molecule has 1 fully saturated rings. The molecule has 1 aliphatic heterocycles. The van der Waals surface area contributed by atoms with Crippen LogP contribution in [0.5, 0.6) is 5.75 Å². The second-order valence-electron chi connectivity index (χ2n) is 9.86. The summed E-state index contributed by atoms with van der Waals surface area (Å²) in [7, 11) is 1.56. The van der Waals surface area contributed by atoms with Crippen LogP contribution in [-0.2, 0) is 4.79 Å². The van der Waals surface area contributed by atoms with E-state index in [2.05, 4.69) is 0 Å². The van der Waals surface area contributed by atoms with Gasteiger partial charge in [0.05, 0.1) is 19.1 Å². The number of likely N-dealkylation sites (tertiary alicyclic amines) is 1. The summed E-state index contributed by atoms with van der Waals surface area (Å²) in [5.74, 6) is -2.95. The Bertz CT molecular complexity index is 1470. The van der Waals surface area contributed by atoms with Crippen LogP contribution in [0.1, 0.15) is 50.7 Å². The van der Waals surface area contributed by atoms with Gasteiger partial charge in [-0.05, 0) is 42.3 Å². The van der Waals surface area contributed by atoms with Gasteiger partial charge < -0.3 is 14.7 Å². The number of nitrogens with zero attached hydrogens (tertiary/aromatic N) is 1. The van der Waals surface area contributed by atoms with Gasteiger partial charge in [-0.2, -0.15) is 0 Å². The van der Waals surface area contributed by atoms with E-state index < -0.39 is 35.3 Å². The molecular formula is C33H29NO5. The van der Waals surface area contributed by atoms with E-state index in [4.69, 9.17) is 4.74 Å². The molecule has 6 heteroatoms. The zero-order valence-electron chi connectivity index (χ0n) is 21.7. The van der Waals surface area contributed by atoms with Gasteiger partial charge in [0.25, 0.3) is 5.91 Å². The van der Waals surface area contributed by atoms with Crippen LogP contribution in [0, 0.1) is 5.92 Å². The monoisotopic (exact) mass is 519 g/mol. The van der Waals surface area contributed by atoms with Crippen molar-refractivity contribution in [1.82, 2.24) is 4.90 Å². The zero-order valence-corrected chi connectivity index (χ0v) is 21.7. The third-order valence-electron chi connectivity index (χ3n) is 7.73. The predicted octanol–water partition coefficient (Wildman–Crippen LogP) is 6.02. The number of methoxy groups -OCH3 is 1. The Hall–Kier alpha value is -4.71. The first-order chi connectivity index (χ1) is 18.9. The van der Waals surface area contributed by atoms with E-state index in [1.165, 1.54) is 4.90 Å². The number of carboxylic acids is 1. The van der Waals surface area contributed by atoms with Crippen LogP contribution >= 0.6 is 0 Å². The molecular weight excluding hydrogens is 490 g/mol. The minimum Gasteiger partial charge on any atom is -0.497 e. The standard InChI is InChI=1S/C33H29NO5/c1-33(32(37)38)28(22-12-6-3-7-13-22)27(30(35)24-14-8-4-9-15-24)29(23-18-20-26(39-2)21-19-23)34(33)31(36)25-16-10-5-11-17-25/h3-21,27-29H,1-2H3,(H,37,38). The summed E-state index contributed by atoms with van der Waals surface area (Å²) in [5.41, 5.74) is 0.402. The highest BCUT2D eigenvalue weighted by molar-refractivity contribution is 6.04. The van der Waals surface area contributed by atoms with Crippen molar-refractivity contribution in [2.45, 2.75) is 24.4 Å². The third kappa shape index (κ3) is 4.48. The molecule has 4 aromatic rings. The summed E-state index contributed by atoms with van der Waals surface area (Å²) < 4.78 is 5.35. The van der Waals surface area contributed by atoms with Crippen LogP contribution in [0.25, 0.3) is 0 Å². The second-order valence-corrected chi connectivity index (χ2v) is 9.86. The number of ketones is 1. The molecule has 0 bridgehead atoms. The number of hydrogen-bond donors (Lipinski definition) is 1. The summed E-state index contributed by atoms with van der Waals surface area (Å²) in [5, 5.41) is 10.9. The largest absolute Gasteiger partial charge is 0.497 e. The topological polar surface area (TPSA) is 83.9 Å². The lowest BCUT2D eigenvalue weighted by Gasteiger charge is -2.38. The van der Waals surface area contributed by atoms with E-state index in [9.17, 15) is 19.5 Å². The molecule has 4 aromatic carbocycles. The Kier molecular flexibility index (Phi) is 7.03. The predicted molar refractivity (Wildman–Crippen MR) is 148 cm³/mol. The Labute approximate surface area is 227 Å². The van der Waals surface area contributed by atoms with Crippen LogP contribution < -0.4 is 4.74 Å². The molecule has 0 spiro atoms. The first-order valence-corrected chi connectivity index (χ1v) is 12.8. The Morgan fingerprint density at radius 1 is 0.718 bits per heavy atom. The molecule has 1 heterocycles. The minimum absolute atomic E-state index is 0.221. The molecule has 1 amide bonds. The molecule has 196 valence electrons. The van der Waals surface area contributed by atoms with Gasteiger partial charge in [0, 0.05) is 17.0 Å². The van der Waals surface area contributed by atoms with Gasteiger partial charge in [-0.25, -0.2) is 4.79 Å². The number of Topliss-reactive ketones (excluding diaryl/α,β-unsaturated/α-hetero) is 1. The Morgan fingerprint density at radius 2 is 1.23 bits per heavy atom. The molecule has 4 atom stereocenters. The highest BCUT2D eigenvalue weighted by Gasteiger charge is 2.64. The number of carbonyl (C=O) groups excluding carboxylic acids is 2. The molecule has 5 rings (SSSR count). The van der Waals surface area contributed by atoms with Crippen LogP contribution in [0.15, 0.2) is 115 Å². The normalized spacial score (nSPS) is 22.3. The number of hydrogen-bond acceptors (Lipinski definition) is 4. The van der Waals surface area contributed by atoms with Crippen LogP contribution in [-0.4, -0.2) is 40.3 Å². The molecule has 1 N–H and O–H groups in total. The molecule has 4 unspecified atom stereocenters. The highest BCUT2D eigenvalue weighted by atomic mass is 16.5. The second kappa shape index (κ2) is 10.6. The van der Waals surface area contributed by atoms with E-state index in [1.54, 1.807) is 92.9 Å². The lowest BCUT2D eigenvalue weighted by Crippen LogP contribution is -2.54. The van der Waals surface area contributed by atoms with Crippen molar-refractivity contribution in [2.24, 2.45) is 5.92 Å². The average Bonchev–Trinajstić information content (AvgIpc) is 3.28. The molecule has 0 aromatic heterocycles. The fourth-order valence-corrected chi connectivity index (χ4v) is 5.86. The summed E-state index contributed by atoms with van der Waals surface area (Å²) in [4.78, 5) is 43.4. The molecule has 0 aliphatic carbocycles. The maximum atomic E-state index is 14.4. The zero-order chi connectivity index (χ0) is 27.6. The smallest absolute Gasteiger partial charge is 0.330 e. The molecule has 6 nitrogen and oxygen atoms in total. The Morgan fingerprint density at radius 3 is 1.74 bits per heavy atom. The van der Waals surface area contributed by atoms with Gasteiger partial charge in [0.15, 0.2) is 5.78 Å². The average molecular weight is 520 g/mol. The van der Waals surface area contributed by atoms with Crippen molar-refractivity contribution < 1.29 is 24.2 Å². The van der Waals surface area contributed by atoms with E-state index in [0.717, 1.165) is 0 Å². The lowest BCUT2D eigenvalue weighted by atomic mass is 9.71. The van der Waals surface area contributed by atoms with Crippen LogP contribution in [0.3, 0.4) is 0 Å². The van der Waals surface area contributed by atoms with Crippen molar-refractivity contribution in [3.63, 3.8) is 0 Å². The molecule has 0 radical (unpaired) electrons. The maximum absolute atomic E-state index is 14.4. The molecule has 0 saturated carbocycles. The van der Waals surface area contributed by atoms with Crippen molar-refractivity contribution in [3.05, 3.63) is 138 Å². The number of amides is 1. The fourth-order valence-electron chi connectivity index (χ4n) is 5.86. The maximum Gasteiger partial charge on any atom is 0.330 e. The van der Waals surface area contributed by atoms with E-state index >= 15 is 0 Å². The summed E-state index contributed by atoms with van der Waals surface area (Å²) in [6, 6.07) is 32.9. The van der Waals surface area contributed by atoms with Crippen molar-refractivity contribution in [3.8, 4) is 5.75 Å². The lowest BCUT2D eigenvalue weighted by molar-refractivity contribution is -0.148. The van der Waals surface area contributed by atoms with Crippen LogP contribution in [0.2, 0.25) is 0 Å². The van der Waals surface area contributed by atoms with Gasteiger partial charge >= 0.3 is 5.97 Å². The van der Waals surface area contributed by atoms with E-state index in [-0.39, 0.29) is 5.78 Å². The van der Waals surface area contributed by atoms with Gasteiger partial charge in [0.1, 0.15) is 11.3 Å². The fraction of sp³-hybridized carbons (Fsp3) is 0.182. The van der Waals surface area contributed by atoms with E-state index in [1.807, 2.05) is 36.4 Å². The third-order valence-corrected chi connectivity index (χ3v) is 7.73. The van der Waals surface area contributed by atoms with Gasteiger partial charge in [-0.1, -0.05) is 91.0 Å². The van der Waals surface area contributed by atoms with Crippen molar-refractivity contribution in [1.29, 1.82) is 0 Å². The first-order valence-electron chi connectivity index (χ1n) is 12.8. The van der Waals surface area contributed by atoms with Gasteiger partial charge in [-0.3, -0.25) is 9.59 Å². The number of rotatable bonds is 7. The Balaban J connectivity index is 1.81. The first kappa shape index (κ1) is 25.9. The number of ether oxygens (including phenoxy) is 1. The van der Waals surface area contributed by atoms with E-state index in [0.29, 0.717) is 28.0 Å². The summed E-state index contributed by atoms with van der Waals surface area (Å²) >= 11 is 0. The minimum atomic E-state index is -1.74. The van der Waals surface area contributed by atoms with Crippen LogP contribution in [0.4, 0.5) is 0 Å². The molecule has 39 heavy (non-hydrogen) atoms. The van der Waals surface area contributed by atoms with Crippen molar-refractivity contribution in [2.75, 3.05) is 7.11 Å². The molecule has 1 aliphatic rings. The number of benzene rings is 4. The number of carboxylic acid groups (broad SMARTS) is 1.